The third-order valence-corrected chi connectivity index (χ3v) is 6.33. The average Bonchev–Trinajstić information content (AvgIpc) is 2.71. The number of aryl methyl sites for hydroxylation is 1. The van der Waals surface area contributed by atoms with E-state index in [0.29, 0.717) is 0 Å². The Kier molecular flexibility index (Phi) is 7.13. The number of hydrogen-bond acceptors (Lipinski definition) is 3. The summed E-state index contributed by atoms with van der Waals surface area (Å²) in [7, 11) is 4.11. The van der Waals surface area contributed by atoms with E-state index in [9.17, 15) is 0 Å². The standard InChI is InChI=1S/C22H37N5/c1-19-7-9-20(10-8-19)17-24-21(23-2)25-18-22(11-15-26(3)16-12-22)27-13-5-4-6-14-27/h7-10H,4-6,11-18H2,1-3H3,(H2,23,24,25). The highest BCUT2D eigenvalue weighted by Gasteiger charge is 2.39. The summed E-state index contributed by atoms with van der Waals surface area (Å²) < 4.78 is 0. The highest BCUT2D eigenvalue weighted by atomic mass is 15.3. The normalized spacial score (nSPS) is 21.8. The monoisotopic (exact) mass is 371 g/mol. The van der Waals surface area contributed by atoms with E-state index in [4.69, 9.17) is 0 Å². The smallest absolute Gasteiger partial charge is 0.191 e. The van der Waals surface area contributed by atoms with Crippen molar-refractivity contribution in [3.05, 3.63) is 35.4 Å². The lowest BCUT2D eigenvalue weighted by atomic mass is 9.84. The van der Waals surface area contributed by atoms with E-state index in [1.807, 2.05) is 7.05 Å². The number of piperidine rings is 2. The second kappa shape index (κ2) is 9.56. The first kappa shape index (κ1) is 20.2. The maximum absolute atomic E-state index is 4.46. The molecular formula is C22H37N5. The molecule has 0 saturated carbocycles. The fraction of sp³-hybridized carbons (Fsp3) is 0.682. The van der Waals surface area contributed by atoms with Gasteiger partial charge in [-0.05, 0) is 71.4 Å². The molecule has 5 nitrogen and oxygen atoms in total. The molecule has 1 aromatic rings. The van der Waals surface area contributed by atoms with E-state index in [1.165, 1.54) is 69.4 Å². The van der Waals surface area contributed by atoms with E-state index in [0.717, 1.165) is 19.0 Å². The lowest BCUT2D eigenvalue weighted by molar-refractivity contribution is 0.0173. The van der Waals surface area contributed by atoms with Gasteiger partial charge in [-0.3, -0.25) is 9.89 Å². The number of aliphatic imine (C=N–C) groups is 1. The van der Waals surface area contributed by atoms with Crippen LogP contribution >= 0.6 is 0 Å². The van der Waals surface area contributed by atoms with Crippen molar-refractivity contribution >= 4 is 5.96 Å². The first-order valence-electron chi connectivity index (χ1n) is 10.5. The molecule has 2 saturated heterocycles. The highest BCUT2D eigenvalue weighted by Crippen LogP contribution is 2.30. The van der Waals surface area contributed by atoms with Crippen LogP contribution in [0.3, 0.4) is 0 Å². The van der Waals surface area contributed by atoms with Crippen molar-refractivity contribution in [3.63, 3.8) is 0 Å². The van der Waals surface area contributed by atoms with Crippen molar-refractivity contribution in [1.82, 2.24) is 20.4 Å². The van der Waals surface area contributed by atoms with Crippen molar-refractivity contribution in [3.8, 4) is 0 Å². The van der Waals surface area contributed by atoms with Crippen LogP contribution in [0.1, 0.15) is 43.2 Å². The zero-order valence-electron chi connectivity index (χ0n) is 17.4. The molecule has 0 unspecified atom stereocenters. The third-order valence-electron chi connectivity index (χ3n) is 6.33. The Morgan fingerprint density at radius 3 is 2.30 bits per heavy atom. The zero-order chi connectivity index (χ0) is 19.1. The minimum atomic E-state index is 0.272. The van der Waals surface area contributed by atoms with Gasteiger partial charge in [-0.1, -0.05) is 36.2 Å². The van der Waals surface area contributed by atoms with Gasteiger partial charge in [0.1, 0.15) is 0 Å². The third kappa shape index (κ3) is 5.45. The van der Waals surface area contributed by atoms with Crippen LogP contribution < -0.4 is 10.6 Å². The molecule has 0 atom stereocenters. The topological polar surface area (TPSA) is 42.9 Å². The van der Waals surface area contributed by atoms with Gasteiger partial charge in [0.05, 0.1) is 0 Å². The molecule has 2 aliphatic heterocycles. The summed E-state index contributed by atoms with van der Waals surface area (Å²) in [4.78, 5) is 9.69. The molecule has 0 radical (unpaired) electrons. The lowest BCUT2D eigenvalue weighted by Crippen LogP contribution is -2.62. The molecular weight excluding hydrogens is 334 g/mol. The second-order valence-electron chi connectivity index (χ2n) is 8.34. The quantitative estimate of drug-likeness (QED) is 0.617. The van der Waals surface area contributed by atoms with Crippen molar-refractivity contribution in [2.45, 2.75) is 51.1 Å². The first-order valence-corrected chi connectivity index (χ1v) is 10.5. The summed E-state index contributed by atoms with van der Waals surface area (Å²) in [5.74, 6) is 0.908. The largest absolute Gasteiger partial charge is 0.355 e. The van der Waals surface area contributed by atoms with Crippen molar-refractivity contribution < 1.29 is 0 Å². The number of nitrogens with zero attached hydrogens (tertiary/aromatic N) is 3. The number of guanidine groups is 1. The Morgan fingerprint density at radius 2 is 1.67 bits per heavy atom. The van der Waals surface area contributed by atoms with Gasteiger partial charge in [0.15, 0.2) is 5.96 Å². The van der Waals surface area contributed by atoms with Gasteiger partial charge in [-0.25, -0.2) is 0 Å². The Morgan fingerprint density at radius 1 is 1.00 bits per heavy atom. The van der Waals surface area contributed by atoms with Gasteiger partial charge >= 0.3 is 0 Å². The summed E-state index contributed by atoms with van der Waals surface area (Å²) in [5.41, 5.74) is 2.86. The number of likely N-dealkylation sites (tertiary alicyclic amines) is 2. The molecule has 2 aliphatic rings. The van der Waals surface area contributed by atoms with Gasteiger partial charge in [0, 0.05) is 25.7 Å². The zero-order valence-corrected chi connectivity index (χ0v) is 17.4. The van der Waals surface area contributed by atoms with Gasteiger partial charge in [0.2, 0.25) is 0 Å². The van der Waals surface area contributed by atoms with Gasteiger partial charge in [-0.15, -0.1) is 0 Å². The molecule has 2 fully saturated rings. The maximum Gasteiger partial charge on any atom is 0.191 e. The summed E-state index contributed by atoms with van der Waals surface area (Å²) >= 11 is 0. The second-order valence-corrected chi connectivity index (χ2v) is 8.34. The summed E-state index contributed by atoms with van der Waals surface area (Å²) in [6, 6.07) is 8.69. The highest BCUT2D eigenvalue weighted by molar-refractivity contribution is 5.79. The van der Waals surface area contributed by atoms with Crippen LogP contribution in [0.5, 0.6) is 0 Å². The lowest BCUT2D eigenvalue weighted by Gasteiger charge is -2.50. The van der Waals surface area contributed by atoms with E-state index in [2.05, 4.69) is 63.7 Å². The van der Waals surface area contributed by atoms with Gasteiger partial charge < -0.3 is 15.5 Å². The first-order chi connectivity index (χ1) is 13.1. The molecule has 0 aliphatic carbocycles. The molecule has 27 heavy (non-hydrogen) atoms. The van der Waals surface area contributed by atoms with E-state index in [-0.39, 0.29) is 5.54 Å². The van der Waals surface area contributed by atoms with Gasteiger partial charge in [0.25, 0.3) is 0 Å². The van der Waals surface area contributed by atoms with Crippen LogP contribution in [0.2, 0.25) is 0 Å². The molecule has 0 amide bonds. The van der Waals surface area contributed by atoms with Crippen LogP contribution in [0.4, 0.5) is 0 Å². The predicted molar refractivity (Wildman–Crippen MR) is 114 cm³/mol. The Bertz CT molecular complexity index is 596. The van der Waals surface area contributed by atoms with E-state index in [1.54, 1.807) is 0 Å². The molecule has 0 aromatic heterocycles. The minimum absolute atomic E-state index is 0.272. The number of nitrogens with one attached hydrogen (secondary N) is 2. The molecule has 1 aromatic carbocycles. The molecule has 2 heterocycles. The SMILES string of the molecule is CN=C(NCc1ccc(C)cc1)NCC1(N2CCCCC2)CCN(C)CC1. The molecule has 2 N–H and O–H groups in total. The van der Waals surface area contributed by atoms with Crippen LogP contribution in [0.25, 0.3) is 0 Å². The van der Waals surface area contributed by atoms with Crippen molar-refractivity contribution in [2.75, 3.05) is 46.8 Å². The van der Waals surface area contributed by atoms with Crippen LogP contribution in [-0.4, -0.2) is 68.1 Å². The van der Waals surface area contributed by atoms with E-state index >= 15 is 0 Å². The molecule has 0 bridgehead atoms. The predicted octanol–water partition coefficient (Wildman–Crippen LogP) is 2.61. The van der Waals surface area contributed by atoms with Crippen molar-refractivity contribution in [2.24, 2.45) is 4.99 Å². The van der Waals surface area contributed by atoms with Crippen molar-refractivity contribution in [1.29, 1.82) is 0 Å². The van der Waals surface area contributed by atoms with Gasteiger partial charge in [-0.2, -0.15) is 0 Å². The fourth-order valence-corrected chi connectivity index (χ4v) is 4.37. The maximum atomic E-state index is 4.46. The Hall–Kier alpha value is -1.59. The molecule has 5 heteroatoms. The summed E-state index contributed by atoms with van der Waals surface area (Å²) in [6.07, 6.45) is 6.56. The van der Waals surface area contributed by atoms with E-state index < -0.39 is 0 Å². The Labute approximate surface area is 165 Å². The number of benzene rings is 1. The number of rotatable bonds is 5. The molecule has 3 rings (SSSR count). The van der Waals surface area contributed by atoms with Crippen LogP contribution in [0.15, 0.2) is 29.3 Å². The fourth-order valence-electron chi connectivity index (χ4n) is 4.37. The summed E-state index contributed by atoms with van der Waals surface area (Å²) in [5, 5.41) is 7.14. The molecule has 0 spiro atoms. The number of hydrogen-bond donors (Lipinski definition) is 2. The van der Waals surface area contributed by atoms with Crippen LogP contribution in [0, 0.1) is 6.92 Å². The molecule has 150 valence electrons. The van der Waals surface area contributed by atoms with Crippen LogP contribution in [-0.2, 0) is 6.54 Å². The summed E-state index contributed by atoms with van der Waals surface area (Å²) in [6.45, 7) is 8.79. The Balaban J connectivity index is 1.58. The minimum Gasteiger partial charge on any atom is -0.355 e. The average molecular weight is 372 g/mol.